The summed E-state index contributed by atoms with van der Waals surface area (Å²) >= 11 is 0. The van der Waals surface area contributed by atoms with Crippen LogP contribution in [0.1, 0.15) is 15.9 Å². The summed E-state index contributed by atoms with van der Waals surface area (Å²) in [7, 11) is 0. The molecule has 0 radical (unpaired) electrons. The second-order valence-electron chi connectivity index (χ2n) is 4.36. The standard InChI is InChI=1S/C15H13NO5/c17-12-7-2-1-4-9(12)8-13(18)16-11-6-3-5-10(14(11)19)15(20)21/h1-7,17,19H,8H2,(H,16,18)(H,20,21). The third kappa shape index (κ3) is 3.30. The Labute approximate surface area is 120 Å². The zero-order chi connectivity index (χ0) is 15.4. The molecule has 0 aliphatic heterocycles. The largest absolute Gasteiger partial charge is 0.508 e. The highest BCUT2D eigenvalue weighted by Crippen LogP contribution is 2.27. The SMILES string of the molecule is O=C(Cc1ccccc1O)Nc1cccc(C(=O)O)c1O. The lowest BCUT2D eigenvalue weighted by atomic mass is 10.1. The highest BCUT2D eigenvalue weighted by molar-refractivity contribution is 5.98. The van der Waals surface area contributed by atoms with Crippen molar-refractivity contribution in [1.29, 1.82) is 0 Å². The van der Waals surface area contributed by atoms with Crippen LogP contribution in [0.15, 0.2) is 42.5 Å². The predicted octanol–water partition coefficient (Wildman–Crippen LogP) is 1.98. The highest BCUT2D eigenvalue weighted by Gasteiger charge is 2.15. The molecule has 0 aromatic heterocycles. The van der Waals surface area contributed by atoms with Gasteiger partial charge in [0, 0.05) is 5.56 Å². The molecule has 6 nitrogen and oxygen atoms in total. The Morgan fingerprint density at radius 1 is 1.00 bits per heavy atom. The molecule has 2 rings (SSSR count). The topological polar surface area (TPSA) is 107 Å². The van der Waals surface area contributed by atoms with Gasteiger partial charge in [0.05, 0.1) is 12.1 Å². The fourth-order valence-electron chi connectivity index (χ4n) is 1.84. The number of benzene rings is 2. The summed E-state index contributed by atoms with van der Waals surface area (Å²) in [6.07, 6.45) is -0.0938. The number of carbonyl (C=O) groups is 2. The van der Waals surface area contributed by atoms with Crippen molar-refractivity contribution in [3.8, 4) is 11.5 Å². The van der Waals surface area contributed by atoms with Crippen LogP contribution < -0.4 is 5.32 Å². The van der Waals surface area contributed by atoms with Crippen molar-refractivity contribution in [2.45, 2.75) is 6.42 Å². The number of phenols is 2. The van der Waals surface area contributed by atoms with Crippen LogP contribution in [0.25, 0.3) is 0 Å². The number of rotatable bonds is 4. The molecule has 0 aliphatic carbocycles. The Balaban J connectivity index is 2.15. The van der Waals surface area contributed by atoms with Crippen LogP contribution in [-0.2, 0) is 11.2 Å². The molecule has 0 saturated carbocycles. The van der Waals surface area contributed by atoms with Crippen LogP contribution in [0.4, 0.5) is 5.69 Å². The Morgan fingerprint density at radius 2 is 1.71 bits per heavy atom. The molecule has 0 aliphatic rings. The molecule has 0 heterocycles. The molecule has 0 saturated heterocycles. The Kier molecular flexibility index (Phi) is 4.08. The summed E-state index contributed by atoms with van der Waals surface area (Å²) in [5.74, 6) is -2.27. The number of aromatic hydroxyl groups is 2. The number of carboxylic acid groups (broad SMARTS) is 1. The third-order valence-corrected chi connectivity index (χ3v) is 2.88. The van der Waals surface area contributed by atoms with Gasteiger partial charge in [-0.1, -0.05) is 24.3 Å². The highest BCUT2D eigenvalue weighted by atomic mass is 16.4. The second-order valence-corrected chi connectivity index (χ2v) is 4.36. The summed E-state index contributed by atoms with van der Waals surface area (Å²) in [6, 6.07) is 10.4. The van der Waals surface area contributed by atoms with Gasteiger partial charge in [-0.05, 0) is 18.2 Å². The Morgan fingerprint density at radius 3 is 2.38 bits per heavy atom. The van der Waals surface area contributed by atoms with E-state index in [4.69, 9.17) is 5.11 Å². The van der Waals surface area contributed by atoms with Gasteiger partial charge >= 0.3 is 5.97 Å². The monoisotopic (exact) mass is 287 g/mol. The van der Waals surface area contributed by atoms with E-state index in [1.54, 1.807) is 18.2 Å². The molecular formula is C15H13NO5. The predicted molar refractivity (Wildman–Crippen MR) is 75.5 cm³/mol. The minimum absolute atomic E-state index is 0.00356. The number of nitrogens with one attached hydrogen (secondary N) is 1. The number of hydrogen-bond acceptors (Lipinski definition) is 4. The number of amides is 1. The van der Waals surface area contributed by atoms with E-state index >= 15 is 0 Å². The van der Waals surface area contributed by atoms with E-state index in [1.807, 2.05) is 0 Å². The van der Waals surface area contributed by atoms with Crippen molar-refractivity contribution >= 4 is 17.6 Å². The first-order valence-corrected chi connectivity index (χ1v) is 6.11. The van der Waals surface area contributed by atoms with Crippen molar-refractivity contribution in [2.24, 2.45) is 0 Å². The maximum atomic E-state index is 11.9. The number of para-hydroxylation sites is 2. The molecule has 6 heteroatoms. The lowest BCUT2D eigenvalue weighted by Crippen LogP contribution is -2.15. The molecule has 1 amide bonds. The fourth-order valence-corrected chi connectivity index (χ4v) is 1.84. The molecule has 0 spiro atoms. The van der Waals surface area contributed by atoms with E-state index in [9.17, 15) is 19.8 Å². The summed E-state index contributed by atoms with van der Waals surface area (Å²) < 4.78 is 0. The van der Waals surface area contributed by atoms with E-state index in [-0.39, 0.29) is 23.4 Å². The summed E-state index contributed by atoms with van der Waals surface area (Å²) in [5.41, 5.74) is 0.148. The number of carbonyl (C=O) groups excluding carboxylic acids is 1. The average Bonchev–Trinajstić information content (AvgIpc) is 2.43. The maximum absolute atomic E-state index is 11.9. The average molecular weight is 287 g/mol. The minimum atomic E-state index is -1.29. The van der Waals surface area contributed by atoms with Crippen molar-refractivity contribution < 1.29 is 24.9 Å². The van der Waals surface area contributed by atoms with Crippen LogP contribution in [0.3, 0.4) is 0 Å². The van der Waals surface area contributed by atoms with Crippen LogP contribution in [0.2, 0.25) is 0 Å². The first kappa shape index (κ1) is 14.4. The summed E-state index contributed by atoms with van der Waals surface area (Å²) in [4.78, 5) is 22.8. The van der Waals surface area contributed by atoms with Gasteiger partial charge in [0.1, 0.15) is 11.3 Å². The molecule has 0 bridgehead atoms. The van der Waals surface area contributed by atoms with Gasteiger partial charge in [-0.2, -0.15) is 0 Å². The molecule has 0 atom stereocenters. The van der Waals surface area contributed by atoms with Crippen LogP contribution in [0.5, 0.6) is 11.5 Å². The minimum Gasteiger partial charge on any atom is -0.508 e. The number of carboxylic acids is 1. The molecule has 2 aromatic carbocycles. The Bertz CT molecular complexity index is 696. The van der Waals surface area contributed by atoms with E-state index in [0.717, 1.165) is 0 Å². The van der Waals surface area contributed by atoms with Gasteiger partial charge in [-0.25, -0.2) is 4.79 Å². The third-order valence-electron chi connectivity index (χ3n) is 2.88. The fraction of sp³-hybridized carbons (Fsp3) is 0.0667. The number of anilines is 1. The quantitative estimate of drug-likeness (QED) is 0.643. The first-order chi connectivity index (χ1) is 9.99. The van der Waals surface area contributed by atoms with Crippen molar-refractivity contribution in [3.63, 3.8) is 0 Å². The van der Waals surface area contributed by atoms with Gasteiger partial charge in [0.2, 0.25) is 5.91 Å². The molecule has 21 heavy (non-hydrogen) atoms. The number of phenolic OH excluding ortho intramolecular Hbond substituents is 1. The van der Waals surface area contributed by atoms with E-state index < -0.39 is 17.6 Å². The van der Waals surface area contributed by atoms with E-state index in [1.165, 1.54) is 24.3 Å². The first-order valence-electron chi connectivity index (χ1n) is 6.11. The zero-order valence-electron chi connectivity index (χ0n) is 10.9. The lowest BCUT2D eigenvalue weighted by molar-refractivity contribution is -0.115. The molecule has 108 valence electrons. The van der Waals surface area contributed by atoms with Crippen LogP contribution >= 0.6 is 0 Å². The summed E-state index contributed by atoms with van der Waals surface area (Å²) in [5, 5.41) is 30.7. The zero-order valence-corrected chi connectivity index (χ0v) is 10.9. The van der Waals surface area contributed by atoms with Gasteiger partial charge < -0.3 is 20.6 Å². The van der Waals surface area contributed by atoms with Crippen molar-refractivity contribution in [2.75, 3.05) is 5.32 Å². The molecule has 4 N–H and O–H groups in total. The molecule has 0 unspecified atom stereocenters. The normalized spacial score (nSPS) is 10.1. The van der Waals surface area contributed by atoms with Crippen LogP contribution in [0, 0.1) is 0 Å². The molecule has 2 aromatic rings. The lowest BCUT2D eigenvalue weighted by Gasteiger charge is -2.09. The van der Waals surface area contributed by atoms with Crippen LogP contribution in [-0.4, -0.2) is 27.2 Å². The molecule has 0 fully saturated rings. The van der Waals surface area contributed by atoms with Gasteiger partial charge in [0.25, 0.3) is 0 Å². The van der Waals surface area contributed by atoms with Crippen molar-refractivity contribution in [3.05, 3.63) is 53.6 Å². The van der Waals surface area contributed by atoms with Gasteiger partial charge in [-0.3, -0.25) is 4.79 Å². The number of aromatic carboxylic acids is 1. The maximum Gasteiger partial charge on any atom is 0.339 e. The Hall–Kier alpha value is -3.02. The van der Waals surface area contributed by atoms with E-state index in [0.29, 0.717) is 5.56 Å². The van der Waals surface area contributed by atoms with Crippen molar-refractivity contribution in [1.82, 2.24) is 0 Å². The molecular weight excluding hydrogens is 274 g/mol. The van der Waals surface area contributed by atoms with Gasteiger partial charge in [0.15, 0.2) is 5.75 Å². The number of hydrogen-bond donors (Lipinski definition) is 4. The van der Waals surface area contributed by atoms with E-state index in [2.05, 4.69) is 5.32 Å². The summed E-state index contributed by atoms with van der Waals surface area (Å²) in [6.45, 7) is 0. The van der Waals surface area contributed by atoms with Gasteiger partial charge in [-0.15, -0.1) is 0 Å². The smallest absolute Gasteiger partial charge is 0.339 e. The second kappa shape index (κ2) is 5.96.